The van der Waals surface area contributed by atoms with Crippen molar-refractivity contribution in [3.63, 3.8) is 0 Å². The van der Waals surface area contributed by atoms with E-state index in [-0.39, 0.29) is 5.41 Å². The summed E-state index contributed by atoms with van der Waals surface area (Å²) in [7, 11) is 0. The first-order valence-electron chi connectivity index (χ1n) is 18.7. The topological polar surface area (TPSA) is 43.1 Å². The van der Waals surface area contributed by atoms with Gasteiger partial charge in [0.2, 0.25) is 0 Å². The molecule has 0 aliphatic heterocycles. The molecule has 0 amide bonds. The molecule has 1 aliphatic rings. The fourth-order valence-corrected chi connectivity index (χ4v) is 9.21. The van der Waals surface area contributed by atoms with Gasteiger partial charge in [-0.2, -0.15) is 0 Å². The Morgan fingerprint density at radius 1 is 0.500 bits per heavy atom. The maximum absolute atomic E-state index is 5.28. The Kier molecular flexibility index (Phi) is 6.40. The van der Waals surface area contributed by atoms with Crippen LogP contribution in [0.25, 0.3) is 71.6 Å². The van der Waals surface area contributed by atoms with E-state index >= 15 is 0 Å². The lowest BCUT2D eigenvalue weighted by atomic mass is 9.66. The first-order chi connectivity index (χ1) is 26.4. The van der Waals surface area contributed by atoms with Gasteiger partial charge in [-0.15, -0.1) is 0 Å². The molecule has 0 saturated heterocycles. The molecule has 0 unspecified atom stereocenters. The molecule has 0 spiro atoms. The second kappa shape index (κ2) is 11.2. The van der Waals surface area contributed by atoms with Gasteiger partial charge in [-0.1, -0.05) is 118 Å². The number of para-hydroxylation sites is 2. The van der Waals surface area contributed by atoms with E-state index in [1.54, 1.807) is 0 Å². The number of hydrogen-bond acceptors (Lipinski definition) is 3. The summed E-state index contributed by atoms with van der Waals surface area (Å²) in [6.07, 6.45) is 3.84. The molecule has 256 valence electrons. The second-order valence-electron chi connectivity index (χ2n) is 15.7. The van der Waals surface area contributed by atoms with Crippen molar-refractivity contribution in [2.24, 2.45) is 0 Å². The minimum absolute atomic E-state index is 0.0105. The van der Waals surface area contributed by atoms with Crippen LogP contribution in [0.5, 0.6) is 0 Å². The summed E-state index contributed by atoms with van der Waals surface area (Å²) in [6.45, 7) is 6.79. The van der Waals surface area contributed by atoms with Gasteiger partial charge in [-0.05, 0) is 115 Å². The summed E-state index contributed by atoms with van der Waals surface area (Å²) in [5.74, 6) is 0. The van der Waals surface area contributed by atoms with Gasteiger partial charge in [0, 0.05) is 28.7 Å². The van der Waals surface area contributed by atoms with E-state index in [2.05, 4.69) is 171 Å². The summed E-state index contributed by atoms with van der Waals surface area (Å²) in [5.41, 5.74) is 14.1. The van der Waals surface area contributed by atoms with Crippen molar-refractivity contribution in [3.05, 3.63) is 192 Å². The van der Waals surface area contributed by atoms with Crippen LogP contribution in [0.3, 0.4) is 0 Å². The molecule has 10 aromatic rings. The molecule has 0 atom stereocenters. The van der Waals surface area contributed by atoms with E-state index in [9.17, 15) is 0 Å². The van der Waals surface area contributed by atoms with Crippen molar-refractivity contribution >= 4 is 49.3 Å². The van der Waals surface area contributed by atoms with Gasteiger partial charge in [-0.3, -0.25) is 9.38 Å². The highest BCUT2D eigenvalue weighted by molar-refractivity contribution is 6.13. The first-order valence-corrected chi connectivity index (χ1v) is 18.7. The SMILES string of the molecule is CC(C)(C)c1ccnc(-c2cc(C3(c4ccc5c6cccnc6n6c7ccccc7nc6c5c4)c4ccccc4-c4ccccc43)cc3ccccc23)c1. The van der Waals surface area contributed by atoms with E-state index < -0.39 is 5.41 Å². The Morgan fingerprint density at radius 2 is 1.22 bits per heavy atom. The Morgan fingerprint density at radius 3 is 2.04 bits per heavy atom. The van der Waals surface area contributed by atoms with Crippen LogP contribution in [0.4, 0.5) is 0 Å². The smallest absolute Gasteiger partial charge is 0.147 e. The summed E-state index contributed by atoms with van der Waals surface area (Å²) in [6, 6.07) is 55.6. The zero-order valence-electron chi connectivity index (χ0n) is 30.4. The quantitative estimate of drug-likeness (QED) is 0.173. The number of aromatic nitrogens is 4. The molecule has 0 bridgehead atoms. The van der Waals surface area contributed by atoms with E-state index in [1.807, 2.05) is 18.5 Å². The maximum Gasteiger partial charge on any atom is 0.147 e. The molecule has 4 nitrogen and oxygen atoms in total. The molecule has 4 heterocycles. The number of rotatable bonds is 3. The Labute approximate surface area is 313 Å². The van der Waals surface area contributed by atoms with E-state index in [4.69, 9.17) is 15.0 Å². The van der Waals surface area contributed by atoms with Crippen LogP contribution in [-0.2, 0) is 10.8 Å². The van der Waals surface area contributed by atoms with Gasteiger partial charge in [0.15, 0.2) is 0 Å². The van der Waals surface area contributed by atoms with Gasteiger partial charge < -0.3 is 0 Å². The van der Waals surface area contributed by atoms with Gasteiger partial charge in [0.25, 0.3) is 0 Å². The van der Waals surface area contributed by atoms with Crippen molar-refractivity contribution in [2.75, 3.05) is 0 Å². The fraction of sp³-hybridized carbons (Fsp3) is 0.100. The molecule has 0 fully saturated rings. The third-order valence-electron chi connectivity index (χ3n) is 11.7. The van der Waals surface area contributed by atoms with Gasteiger partial charge >= 0.3 is 0 Å². The van der Waals surface area contributed by atoms with Crippen molar-refractivity contribution < 1.29 is 0 Å². The molecular formula is C50H36N4. The average molecular weight is 693 g/mol. The Balaban J connectivity index is 1.30. The predicted octanol–water partition coefficient (Wildman–Crippen LogP) is 12.1. The summed E-state index contributed by atoms with van der Waals surface area (Å²) >= 11 is 0. The maximum atomic E-state index is 5.28. The van der Waals surface area contributed by atoms with Crippen molar-refractivity contribution in [1.82, 2.24) is 19.4 Å². The first kappa shape index (κ1) is 30.9. The van der Waals surface area contributed by atoms with Crippen LogP contribution in [0.2, 0.25) is 0 Å². The standard InChI is InChI=1S/C50H36N4/c1-49(2,3)32-24-26-51-45(30-32)40-29-34(27-31-13-4-5-14-35(31)40)50(42-18-8-6-15-37(42)38-16-7-9-19-43(38)50)33-22-23-36-39-17-12-25-52-47(39)54-46-21-11-10-20-44(46)53-48(54)41(36)28-33/h4-30H,1-3H3. The number of pyridine rings is 3. The summed E-state index contributed by atoms with van der Waals surface area (Å²) in [5, 5.41) is 5.73. The molecule has 4 aromatic heterocycles. The molecule has 0 radical (unpaired) electrons. The summed E-state index contributed by atoms with van der Waals surface area (Å²) < 4.78 is 2.24. The van der Waals surface area contributed by atoms with Crippen molar-refractivity contribution in [2.45, 2.75) is 31.6 Å². The highest BCUT2D eigenvalue weighted by atomic mass is 15.1. The van der Waals surface area contributed by atoms with Crippen molar-refractivity contribution in [1.29, 1.82) is 0 Å². The van der Waals surface area contributed by atoms with E-state index in [1.165, 1.54) is 49.7 Å². The Bertz CT molecular complexity index is 3120. The molecule has 6 aromatic carbocycles. The molecule has 11 rings (SSSR count). The molecule has 54 heavy (non-hydrogen) atoms. The summed E-state index contributed by atoms with van der Waals surface area (Å²) in [4.78, 5) is 15.2. The lowest BCUT2D eigenvalue weighted by Gasteiger charge is -2.35. The number of nitrogens with zero attached hydrogens (tertiary/aromatic N) is 4. The lowest BCUT2D eigenvalue weighted by molar-refractivity contribution is 0.589. The van der Waals surface area contributed by atoms with Crippen LogP contribution in [0.15, 0.2) is 164 Å². The number of hydrogen-bond donors (Lipinski definition) is 0. The number of fused-ring (bicyclic) bond motifs is 12. The van der Waals surface area contributed by atoms with Crippen molar-refractivity contribution in [3.8, 4) is 22.4 Å². The van der Waals surface area contributed by atoms with Crippen LogP contribution < -0.4 is 0 Å². The second-order valence-corrected chi connectivity index (χ2v) is 15.7. The number of imidazole rings is 1. The third kappa shape index (κ3) is 4.22. The Hall–Kier alpha value is -6.65. The number of benzene rings is 6. The lowest BCUT2D eigenvalue weighted by Crippen LogP contribution is -2.28. The van der Waals surface area contributed by atoms with Crippen LogP contribution in [0.1, 0.15) is 48.6 Å². The largest absolute Gasteiger partial charge is 0.276 e. The minimum Gasteiger partial charge on any atom is -0.276 e. The zero-order valence-corrected chi connectivity index (χ0v) is 30.4. The highest BCUT2D eigenvalue weighted by Crippen LogP contribution is 2.57. The predicted molar refractivity (Wildman–Crippen MR) is 222 cm³/mol. The zero-order chi connectivity index (χ0) is 36.2. The molecular weight excluding hydrogens is 657 g/mol. The fourth-order valence-electron chi connectivity index (χ4n) is 9.21. The van der Waals surface area contributed by atoms with Crippen LogP contribution in [0, 0.1) is 0 Å². The molecule has 4 heteroatoms. The third-order valence-corrected chi connectivity index (χ3v) is 11.7. The normalized spacial score (nSPS) is 13.6. The highest BCUT2D eigenvalue weighted by Gasteiger charge is 2.46. The van der Waals surface area contributed by atoms with E-state index in [0.29, 0.717) is 0 Å². The molecule has 0 saturated carbocycles. The minimum atomic E-state index is -0.630. The van der Waals surface area contributed by atoms with Gasteiger partial charge in [0.1, 0.15) is 11.3 Å². The monoisotopic (exact) mass is 692 g/mol. The van der Waals surface area contributed by atoms with Crippen LogP contribution >= 0.6 is 0 Å². The molecule has 0 N–H and O–H groups in total. The average Bonchev–Trinajstić information content (AvgIpc) is 3.75. The van der Waals surface area contributed by atoms with Gasteiger partial charge in [0.05, 0.1) is 22.1 Å². The molecule has 1 aliphatic carbocycles. The van der Waals surface area contributed by atoms with Crippen LogP contribution in [-0.4, -0.2) is 19.4 Å². The van der Waals surface area contributed by atoms with E-state index in [0.717, 1.165) is 49.7 Å². The van der Waals surface area contributed by atoms with Gasteiger partial charge in [-0.25, -0.2) is 9.97 Å².